The molecule has 2 atom stereocenters. The summed E-state index contributed by atoms with van der Waals surface area (Å²) in [6, 6.07) is 3.43. The molecule has 0 spiro atoms. The van der Waals surface area contributed by atoms with Crippen molar-refractivity contribution >= 4 is 5.91 Å². The second-order valence-corrected chi connectivity index (χ2v) is 8.55. The third-order valence-electron chi connectivity index (χ3n) is 5.98. The van der Waals surface area contributed by atoms with Crippen molar-refractivity contribution in [1.29, 1.82) is 0 Å². The lowest BCUT2D eigenvalue weighted by Crippen LogP contribution is -2.42. The van der Waals surface area contributed by atoms with Crippen molar-refractivity contribution in [2.45, 2.75) is 38.2 Å². The van der Waals surface area contributed by atoms with Gasteiger partial charge >= 0.3 is 12.4 Å². The van der Waals surface area contributed by atoms with E-state index in [0.717, 1.165) is 10.4 Å². The van der Waals surface area contributed by atoms with Crippen LogP contribution in [0.25, 0.3) is 16.9 Å². The van der Waals surface area contributed by atoms with Crippen LogP contribution in [-0.4, -0.2) is 67.9 Å². The molecule has 3 heterocycles. The lowest BCUT2D eigenvalue weighted by Gasteiger charge is -2.25. The van der Waals surface area contributed by atoms with E-state index >= 15 is 0 Å². The highest BCUT2D eigenvalue weighted by molar-refractivity contribution is 5.81. The SMILES string of the molecule is COc1cc(-c2cn(C3CC(C(F)(F)F)CCN(CC(F)(F)F)C3=O)nn2)ccc1-n1cnc(C)c1. The Labute approximate surface area is 201 Å². The molecule has 1 aromatic carbocycles. The molecule has 3 aromatic rings. The number of carbonyl (C=O) groups excluding carboxylic acids is 1. The van der Waals surface area contributed by atoms with E-state index in [2.05, 4.69) is 15.3 Å². The molecule has 1 fully saturated rings. The van der Waals surface area contributed by atoms with E-state index in [4.69, 9.17) is 4.74 Å². The number of nitrogens with zero attached hydrogens (tertiary/aromatic N) is 6. The molecule has 0 aliphatic carbocycles. The van der Waals surface area contributed by atoms with Gasteiger partial charge in [-0.1, -0.05) is 11.3 Å². The Bertz CT molecular complexity index is 1230. The molecule has 194 valence electrons. The van der Waals surface area contributed by atoms with Gasteiger partial charge in [0.1, 0.15) is 24.0 Å². The van der Waals surface area contributed by atoms with Crippen molar-refractivity contribution in [3.8, 4) is 22.7 Å². The van der Waals surface area contributed by atoms with Gasteiger partial charge in [0.25, 0.3) is 0 Å². The summed E-state index contributed by atoms with van der Waals surface area (Å²) in [5, 5.41) is 7.77. The molecule has 4 rings (SSSR count). The largest absolute Gasteiger partial charge is 0.495 e. The molecule has 36 heavy (non-hydrogen) atoms. The number of rotatable bonds is 5. The summed E-state index contributed by atoms with van der Waals surface area (Å²) in [5.41, 5.74) is 2.15. The molecule has 1 amide bonds. The Kier molecular flexibility index (Phi) is 6.71. The van der Waals surface area contributed by atoms with Gasteiger partial charge in [-0.2, -0.15) is 26.3 Å². The highest BCUT2D eigenvalue weighted by Gasteiger charge is 2.47. The Morgan fingerprint density at radius 1 is 1.14 bits per heavy atom. The van der Waals surface area contributed by atoms with Gasteiger partial charge in [-0.15, -0.1) is 5.10 Å². The van der Waals surface area contributed by atoms with Crippen LogP contribution in [0, 0.1) is 12.8 Å². The molecular weight excluding hydrogens is 494 g/mol. The molecule has 0 saturated carbocycles. The number of aryl methyl sites for hydroxylation is 1. The number of methoxy groups -OCH3 is 1. The molecule has 2 unspecified atom stereocenters. The van der Waals surface area contributed by atoms with Crippen molar-refractivity contribution in [3.05, 3.63) is 42.6 Å². The lowest BCUT2D eigenvalue weighted by molar-refractivity contribution is -0.179. The quantitative estimate of drug-likeness (QED) is 0.472. The van der Waals surface area contributed by atoms with E-state index in [1.165, 1.54) is 13.3 Å². The fraction of sp³-hybridized carbons (Fsp3) is 0.455. The average molecular weight is 516 g/mol. The van der Waals surface area contributed by atoms with Gasteiger partial charge in [-0.3, -0.25) is 4.79 Å². The van der Waals surface area contributed by atoms with Crippen LogP contribution in [0.3, 0.4) is 0 Å². The number of amides is 1. The number of alkyl halides is 6. The summed E-state index contributed by atoms with van der Waals surface area (Å²) in [6.07, 6.45) is -6.15. The molecule has 0 radical (unpaired) electrons. The molecule has 14 heteroatoms. The fourth-order valence-corrected chi connectivity index (χ4v) is 4.18. The third kappa shape index (κ3) is 5.46. The smallest absolute Gasteiger partial charge is 0.406 e. The highest BCUT2D eigenvalue weighted by Crippen LogP contribution is 2.39. The minimum atomic E-state index is -4.75. The zero-order valence-corrected chi connectivity index (χ0v) is 19.2. The summed E-state index contributed by atoms with van der Waals surface area (Å²) < 4.78 is 87.6. The van der Waals surface area contributed by atoms with Crippen LogP contribution in [0.15, 0.2) is 36.9 Å². The summed E-state index contributed by atoms with van der Waals surface area (Å²) in [4.78, 5) is 17.5. The molecule has 1 saturated heterocycles. The van der Waals surface area contributed by atoms with Crippen molar-refractivity contribution < 1.29 is 35.9 Å². The van der Waals surface area contributed by atoms with Gasteiger partial charge in [0, 0.05) is 18.3 Å². The number of halogens is 6. The van der Waals surface area contributed by atoms with Gasteiger partial charge in [-0.05, 0) is 31.9 Å². The van der Waals surface area contributed by atoms with Crippen LogP contribution in [0.5, 0.6) is 5.75 Å². The first-order valence-electron chi connectivity index (χ1n) is 10.9. The molecule has 1 aliphatic rings. The second-order valence-electron chi connectivity index (χ2n) is 8.55. The summed E-state index contributed by atoms with van der Waals surface area (Å²) in [6.45, 7) is -0.475. The van der Waals surface area contributed by atoms with Crippen LogP contribution in [0.4, 0.5) is 26.3 Å². The summed E-state index contributed by atoms with van der Waals surface area (Å²) >= 11 is 0. The van der Waals surface area contributed by atoms with Crippen LogP contribution in [0.2, 0.25) is 0 Å². The van der Waals surface area contributed by atoms with Crippen molar-refractivity contribution in [3.63, 3.8) is 0 Å². The van der Waals surface area contributed by atoms with Crippen molar-refractivity contribution in [2.24, 2.45) is 5.92 Å². The van der Waals surface area contributed by atoms with Crippen molar-refractivity contribution in [2.75, 3.05) is 20.2 Å². The molecule has 0 bridgehead atoms. The highest BCUT2D eigenvalue weighted by atomic mass is 19.4. The third-order valence-corrected chi connectivity index (χ3v) is 5.98. The Balaban J connectivity index is 1.66. The standard InChI is InChI=1S/C22H22F6N6O2/c1-13-9-33(12-29-13)17-4-3-14(7-19(17)36-2)16-10-34(31-30-16)18-8-15(22(26,27)28)5-6-32(20(18)35)11-21(23,24)25/h3-4,7,9-10,12,15,18H,5-6,8,11H2,1-2H3. The van der Waals surface area contributed by atoms with Crippen LogP contribution >= 0.6 is 0 Å². The normalized spacial score (nSPS) is 19.4. The first-order chi connectivity index (χ1) is 16.9. The first kappa shape index (κ1) is 25.5. The van der Waals surface area contributed by atoms with Gasteiger partial charge in [0.2, 0.25) is 5.91 Å². The Morgan fingerprint density at radius 2 is 1.89 bits per heavy atom. The number of ether oxygens (including phenoxy) is 1. The number of hydrogen-bond donors (Lipinski definition) is 0. The fourth-order valence-electron chi connectivity index (χ4n) is 4.18. The second kappa shape index (κ2) is 9.47. The Hall–Kier alpha value is -3.58. The minimum Gasteiger partial charge on any atom is -0.495 e. The Morgan fingerprint density at radius 3 is 2.50 bits per heavy atom. The van der Waals surface area contributed by atoms with E-state index in [9.17, 15) is 31.1 Å². The van der Waals surface area contributed by atoms with Gasteiger partial charge < -0.3 is 14.2 Å². The minimum absolute atomic E-state index is 0.213. The van der Waals surface area contributed by atoms with Crippen LogP contribution in [-0.2, 0) is 4.79 Å². The van der Waals surface area contributed by atoms with Gasteiger partial charge in [0.05, 0.1) is 36.9 Å². The van der Waals surface area contributed by atoms with E-state index in [1.807, 2.05) is 6.92 Å². The van der Waals surface area contributed by atoms with Gasteiger partial charge in [0.15, 0.2) is 0 Å². The number of carbonyl (C=O) groups is 1. The monoisotopic (exact) mass is 516 g/mol. The maximum Gasteiger partial charge on any atom is 0.406 e. The summed E-state index contributed by atoms with van der Waals surface area (Å²) in [7, 11) is 1.46. The zero-order chi connectivity index (χ0) is 26.3. The zero-order valence-electron chi connectivity index (χ0n) is 19.2. The predicted molar refractivity (Wildman–Crippen MR) is 114 cm³/mol. The average Bonchev–Trinajstić information content (AvgIpc) is 3.42. The molecule has 0 N–H and O–H groups in total. The van der Waals surface area contributed by atoms with E-state index in [-0.39, 0.29) is 5.69 Å². The first-order valence-corrected chi connectivity index (χ1v) is 10.9. The number of likely N-dealkylation sites (tertiary alicyclic amines) is 1. The summed E-state index contributed by atoms with van der Waals surface area (Å²) in [5.74, 6) is -2.60. The molecular formula is C22H22F6N6O2. The number of imidazole rings is 1. The van der Waals surface area contributed by atoms with Gasteiger partial charge in [-0.25, -0.2) is 9.67 Å². The molecule has 2 aromatic heterocycles. The van der Waals surface area contributed by atoms with E-state index in [1.54, 1.807) is 35.3 Å². The predicted octanol–water partition coefficient (Wildman–Crippen LogP) is 4.35. The maximum absolute atomic E-state index is 13.5. The van der Waals surface area contributed by atoms with Crippen molar-refractivity contribution in [1.82, 2.24) is 29.4 Å². The molecule has 1 aliphatic heterocycles. The van der Waals surface area contributed by atoms with Crippen LogP contribution < -0.4 is 4.74 Å². The lowest BCUT2D eigenvalue weighted by atomic mass is 9.97. The van der Waals surface area contributed by atoms with E-state index in [0.29, 0.717) is 21.9 Å². The number of aromatic nitrogens is 5. The topological polar surface area (TPSA) is 78.1 Å². The maximum atomic E-state index is 13.5. The molecule has 8 nitrogen and oxygen atoms in total. The number of benzene rings is 1. The number of hydrogen-bond acceptors (Lipinski definition) is 5. The van der Waals surface area contributed by atoms with Crippen LogP contribution in [0.1, 0.15) is 24.6 Å². The van der Waals surface area contributed by atoms with E-state index < -0.39 is 56.2 Å².